The Bertz CT molecular complexity index is 341. The van der Waals surface area contributed by atoms with Gasteiger partial charge in [-0.15, -0.1) is 0 Å². The Labute approximate surface area is 98.2 Å². The van der Waals surface area contributed by atoms with Crippen LogP contribution in [0.15, 0.2) is 0 Å². The average Bonchev–Trinajstić information content (AvgIpc) is 2.54. The van der Waals surface area contributed by atoms with Gasteiger partial charge in [-0.1, -0.05) is 26.2 Å². The van der Waals surface area contributed by atoms with Crippen LogP contribution in [0.25, 0.3) is 0 Å². The second-order valence-electron chi connectivity index (χ2n) is 5.57. The molecule has 1 saturated carbocycles. The molecular formula is C12H22O3S. The minimum atomic E-state index is -2.97. The largest absolute Gasteiger partial charge is 0.389 e. The maximum atomic E-state index is 11.4. The fourth-order valence-electron chi connectivity index (χ4n) is 3.29. The van der Waals surface area contributed by atoms with Crippen molar-refractivity contribution in [3.05, 3.63) is 0 Å². The summed E-state index contributed by atoms with van der Waals surface area (Å²) in [5.74, 6) is 1.18. The van der Waals surface area contributed by atoms with Crippen LogP contribution in [-0.4, -0.2) is 30.6 Å². The standard InChI is InChI=1S/C12H22O3S/c1-2-10-3-5-11(6-4-10)12(13)7-8-16(14,15)9-12/h10-11,13H,2-9H2,1H3. The molecule has 94 valence electrons. The van der Waals surface area contributed by atoms with E-state index in [1.165, 1.54) is 6.42 Å². The predicted octanol–water partition coefficient (Wildman–Crippen LogP) is 1.75. The lowest BCUT2D eigenvalue weighted by atomic mass is 9.73. The van der Waals surface area contributed by atoms with E-state index in [1.807, 2.05) is 0 Å². The molecule has 2 rings (SSSR count). The molecule has 1 N–H and O–H groups in total. The van der Waals surface area contributed by atoms with Gasteiger partial charge in [0.05, 0.1) is 17.1 Å². The molecule has 1 aliphatic carbocycles. The van der Waals surface area contributed by atoms with Gasteiger partial charge < -0.3 is 5.11 Å². The van der Waals surface area contributed by atoms with Crippen molar-refractivity contribution in [1.29, 1.82) is 0 Å². The van der Waals surface area contributed by atoms with Gasteiger partial charge in [-0.25, -0.2) is 8.42 Å². The maximum Gasteiger partial charge on any atom is 0.153 e. The molecule has 1 aliphatic heterocycles. The highest BCUT2D eigenvalue weighted by Crippen LogP contribution is 2.41. The molecule has 0 amide bonds. The summed E-state index contributed by atoms with van der Waals surface area (Å²) in [6.07, 6.45) is 5.99. The third-order valence-electron chi connectivity index (χ3n) is 4.50. The van der Waals surface area contributed by atoms with Gasteiger partial charge >= 0.3 is 0 Å². The Kier molecular flexibility index (Phi) is 3.32. The second kappa shape index (κ2) is 4.30. The van der Waals surface area contributed by atoms with Crippen LogP contribution in [-0.2, 0) is 9.84 Å². The zero-order valence-electron chi connectivity index (χ0n) is 9.98. The van der Waals surface area contributed by atoms with E-state index < -0.39 is 15.4 Å². The minimum Gasteiger partial charge on any atom is -0.389 e. The Morgan fingerprint density at radius 3 is 2.31 bits per heavy atom. The Balaban J connectivity index is 1.99. The van der Waals surface area contributed by atoms with Gasteiger partial charge in [0.25, 0.3) is 0 Å². The van der Waals surface area contributed by atoms with E-state index in [0.717, 1.165) is 31.6 Å². The fourth-order valence-corrected chi connectivity index (χ4v) is 5.24. The summed E-state index contributed by atoms with van der Waals surface area (Å²) < 4.78 is 22.9. The molecular weight excluding hydrogens is 224 g/mol. The number of hydrogen-bond donors (Lipinski definition) is 1. The van der Waals surface area contributed by atoms with Gasteiger partial charge in [0.1, 0.15) is 0 Å². The minimum absolute atomic E-state index is 0.00145. The van der Waals surface area contributed by atoms with Crippen molar-refractivity contribution in [3.8, 4) is 0 Å². The van der Waals surface area contributed by atoms with Crippen LogP contribution in [0, 0.1) is 11.8 Å². The van der Waals surface area contributed by atoms with Crippen molar-refractivity contribution in [1.82, 2.24) is 0 Å². The zero-order chi connectivity index (χ0) is 11.8. The molecule has 0 aromatic rings. The molecule has 0 aromatic heterocycles. The van der Waals surface area contributed by atoms with E-state index in [0.29, 0.717) is 6.42 Å². The molecule has 0 spiro atoms. The number of hydrogen-bond acceptors (Lipinski definition) is 3. The summed E-state index contributed by atoms with van der Waals surface area (Å²) in [4.78, 5) is 0. The van der Waals surface area contributed by atoms with Crippen molar-refractivity contribution < 1.29 is 13.5 Å². The van der Waals surface area contributed by atoms with Gasteiger partial charge in [0.2, 0.25) is 0 Å². The smallest absolute Gasteiger partial charge is 0.153 e. The summed E-state index contributed by atoms with van der Waals surface area (Å²) in [6, 6.07) is 0. The van der Waals surface area contributed by atoms with Crippen LogP contribution in [0.2, 0.25) is 0 Å². The Morgan fingerprint density at radius 1 is 1.25 bits per heavy atom. The lowest BCUT2D eigenvalue weighted by Crippen LogP contribution is -2.41. The number of sulfone groups is 1. The van der Waals surface area contributed by atoms with Crippen molar-refractivity contribution in [3.63, 3.8) is 0 Å². The molecule has 2 aliphatic rings. The quantitative estimate of drug-likeness (QED) is 0.807. The molecule has 1 heterocycles. The van der Waals surface area contributed by atoms with Crippen LogP contribution in [0.5, 0.6) is 0 Å². The lowest BCUT2D eigenvalue weighted by molar-refractivity contribution is -0.0159. The van der Waals surface area contributed by atoms with Crippen LogP contribution < -0.4 is 0 Å². The molecule has 1 saturated heterocycles. The maximum absolute atomic E-state index is 11.4. The van der Waals surface area contributed by atoms with E-state index in [-0.39, 0.29) is 17.4 Å². The molecule has 3 nitrogen and oxygen atoms in total. The monoisotopic (exact) mass is 246 g/mol. The molecule has 0 bridgehead atoms. The highest BCUT2D eigenvalue weighted by atomic mass is 32.2. The van der Waals surface area contributed by atoms with Crippen LogP contribution >= 0.6 is 0 Å². The highest BCUT2D eigenvalue weighted by molar-refractivity contribution is 7.91. The van der Waals surface area contributed by atoms with Gasteiger partial charge in [0.15, 0.2) is 9.84 Å². The molecule has 0 radical (unpaired) electrons. The Hall–Kier alpha value is -0.0900. The molecule has 0 aromatic carbocycles. The molecule has 2 fully saturated rings. The van der Waals surface area contributed by atoms with E-state index in [9.17, 15) is 13.5 Å². The first-order valence-corrected chi connectivity index (χ1v) is 8.20. The van der Waals surface area contributed by atoms with Crippen LogP contribution in [0.1, 0.15) is 45.4 Å². The van der Waals surface area contributed by atoms with Crippen molar-refractivity contribution >= 4 is 9.84 Å². The average molecular weight is 246 g/mol. The van der Waals surface area contributed by atoms with Crippen LogP contribution in [0.4, 0.5) is 0 Å². The molecule has 16 heavy (non-hydrogen) atoms. The van der Waals surface area contributed by atoms with E-state index >= 15 is 0 Å². The third kappa shape index (κ3) is 2.43. The Morgan fingerprint density at radius 2 is 1.88 bits per heavy atom. The SMILES string of the molecule is CCC1CCC(C2(O)CCS(=O)(=O)C2)CC1. The first-order chi connectivity index (χ1) is 7.45. The first-order valence-electron chi connectivity index (χ1n) is 6.38. The van der Waals surface area contributed by atoms with Crippen LogP contribution in [0.3, 0.4) is 0 Å². The van der Waals surface area contributed by atoms with Gasteiger partial charge in [-0.05, 0) is 31.1 Å². The molecule has 4 heteroatoms. The van der Waals surface area contributed by atoms with Gasteiger partial charge in [-0.3, -0.25) is 0 Å². The van der Waals surface area contributed by atoms with E-state index in [2.05, 4.69) is 6.92 Å². The van der Waals surface area contributed by atoms with Crippen molar-refractivity contribution in [2.24, 2.45) is 11.8 Å². The van der Waals surface area contributed by atoms with Crippen molar-refractivity contribution in [2.75, 3.05) is 11.5 Å². The third-order valence-corrected chi connectivity index (χ3v) is 6.27. The summed E-state index contributed by atoms with van der Waals surface area (Å²) >= 11 is 0. The van der Waals surface area contributed by atoms with Gasteiger partial charge in [-0.2, -0.15) is 0 Å². The van der Waals surface area contributed by atoms with Gasteiger partial charge in [0, 0.05) is 0 Å². The highest BCUT2D eigenvalue weighted by Gasteiger charge is 2.46. The summed E-state index contributed by atoms with van der Waals surface area (Å²) in [6.45, 7) is 2.21. The zero-order valence-corrected chi connectivity index (χ0v) is 10.8. The lowest BCUT2D eigenvalue weighted by Gasteiger charge is -2.37. The van der Waals surface area contributed by atoms with E-state index in [1.54, 1.807) is 0 Å². The van der Waals surface area contributed by atoms with Crippen molar-refractivity contribution in [2.45, 2.75) is 51.0 Å². The second-order valence-corrected chi connectivity index (χ2v) is 7.76. The normalized spacial score (nSPS) is 43.4. The summed E-state index contributed by atoms with van der Waals surface area (Å²) in [5.41, 5.74) is -0.905. The molecule has 1 unspecified atom stereocenters. The topological polar surface area (TPSA) is 54.4 Å². The fraction of sp³-hybridized carbons (Fsp3) is 1.00. The first kappa shape index (κ1) is 12.4. The summed E-state index contributed by atoms with van der Waals surface area (Å²) in [7, 11) is -2.97. The molecule has 1 atom stereocenters. The summed E-state index contributed by atoms with van der Waals surface area (Å²) in [5, 5.41) is 10.4. The number of rotatable bonds is 2. The number of aliphatic hydroxyl groups is 1. The predicted molar refractivity (Wildman–Crippen MR) is 64.0 cm³/mol. The van der Waals surface area contributed by atoms with E-state index in [4.69, 9.17) is 0 Å².